The molecule has 1 unspecified atom stereocenters. The molecule has 1 fully saturated rings. The number of benzene rings is 1. The van der Waals surface area contributed by atoms with Gasteiger partial charge in [-0.25, -0.2) is 0 Å². The lowest BCUT2D eigenvalue weighted by atomic mass is 9.97. The quantitative estimate of drug-likeness (QED) is 0.750. The van der Waals surface area contributed by atoms with E-state index in [1.165, 1.54) is 19.3 Å². The maximum atomic E-state index is 9.61. The maximum Gasteiger partial charge on any atom is 0.118 e. The van der Waals surface area contributed by atoms with Gasteiger partial charge >= 0.3 is 0 Å². The van der Waals surface area contributed by atoms with Crippen LogP contribution in [-0.4, -0.2) is 17.7 Å². The van der Waals surface area contributed by atoms with Crippen molar-refractivity contribution < 1.29 is 5.11 Å². The number of para-hydroxylation sites is 1. The number of phenolic OH excluding ortho intramolecular Hbond substituents is 1. The Labute approximate surface area is 85.0 Å². The smallest absolute Gasteiger partial charge is 0.118 e. The highest BCUT2D eigenvalue weighted by atomic mass is 16.3. The number of rotatable bonds is 2. The molecule has 1 atom stereocenters. The van der Waals surface area contributed by atoms with Gasteiger partial charge in [0, 0.05) is 6.04 Å². The van der Waals surface area contributed by atoms with Crippen molar-refractivity contribution in [2.24, 2.45) is 0 Å². The van der Waals surface area contributed by atoms with Crippen molar-refractivity contribution in [2.75, 3.05) is 6.54 Å². The molecule has 0 spiro atoms. The molecular weight excluding hydrogens is 174 g/mol. The van der Waals surface area contributed by atoms with Gasteiger partial charge in [0.1, 0.15) is 5.75 Å². The molecule has 2 rings (SSSR count). The predicted molar refractivity (Wildman–Crippen MR) is 57.5 cm³/mol. The Hall–Kier alpha value is -1.02. The summed E-state index contributed by atoms with van der Waals surface area (Å²) in [6.07, 6.45) is 4.78. The normalized spacial score (nSPS) is 22.1. The van der Waals surface area contributed by atoms with Crippen LogP contribution in [0.1, 0.15) is 24.8 Å². The average Bonchev–Trinajstić information content (AvgIpc) is 2.23. The van der Waals surface area contributed by atoms with E-state index < -0.39 is 0 Å². The second kappa shape index (κ2) is 4.47. The lowest BCUT2D eigenvalue weighted by molar-refractivity contribution is 0.392. The Morgan fingerprint density at radius 1 is 1.29 bits per heavy atom. The van der Waals surface area contributed by atoms with Crippen LogP contribution in [0.3, 0.4) is 0 Å². The van der Waals surface area contributed by atoms with Crippen LogP contribution in [-0.2, 0) is 6.42 Å². The lowest BCUT2D eigenvalue weighted by Crippen LogP contribution is -2.35. The second-order valence-electron chi connectivity index (χ2n) is 3.98. The highest BCUT2D eigenvalue weighted by Gasteiger charge is 2.14. The summed E-state index contributed by atoms with van der Waals surface area (Å²) < 4.78 is 0. The minimum atomic E-state index is 0.430. The van der Waals surface area contributed by atoms with E-state index in [9.17, 15) is 5.11 Å². The molecule has 1 aliphatic rings. The van der Waals surface area contributed by atoms with E-state index in [2.05, 4.69) is 5.32 Å². The molecule has 1 saturated heterocycles. The molecule has 2 nitrogen and oxygen atoms in total. The Bertz CT molecular complexity index is 292. The van der Waals surface area contributed by atoms with Crippen LogP contribution in [0.25, 0.3) is 0 Å². The summed E-state index contributed by atoms with van der Waals surface area (Å²) in [5.41, 5.74) is 1.06. The van der Waals surface area contributed by atoms with E-state index in [4.69, 9.17) is 0 Å². The van der Waals surface area contributed by atoms with E-state index >= 15 is 0 Å². The fraction of sp³-hybridized carbons (Fsp3) is 0.500. The summed E-state index contributed by atoms with van der Waals surface area (Å²) in [6, 6.07) is 8.17. The van der Waals surface area contributed by atoms with Gasteiger partial charge in [-0.05, 0) is 37.4 Å². The Balaban J connectivity index is 1.99. The lowest BCUT2D eigenvalue weighted by Gasteiger charge is -2.23. The molecular formula is C12H17NO. The van der Waals surface area contributed by atoms with Gasteiger partial charge in [0.25, 0.3) is 0 Å². The van der Waals surface area contributed by atoms with Crippen molar-refractivity contribution in [3.8, 4) is 5.75 Å². The molecule has 0 amide bonds. The first kappa shape index (κ1) is 9.53. The first-order valence-electron chi connectivity index (χ1n) is 5.36. The molecule has 1 aromatic carbocycles. The zero-order chi connectivity index (χ0) is 9.80. The monoisotopic (exact) mass is 191 g/mol. The van der Waals surface area contributed by atoms with Crippen molar-refractivity contribution >= 4 is 0 Å². The Kier molecular flexibility index (Phi) is 3.04. The standard InChI is InChI=1S/C12H17NO/c14-12-7-2-1-5-10(12)9-11-6-3-4-8-13-11/h1-2,5,7,11,13-14H,3-4,6,8-9H2. The number of piperidine rings is 1. The molecule has 2 heteroatoms. The number of nitrogens with one attached hydrogen (secondary N) is 1. The number of aromatic hydroxyl groups is 1. The predicted octanol–water partition coefficient (Wildman–Crippen LogP) is 2.08. The molecule has 0 bridgehead atoms. The van der Waals surface area contributed by atoms with E-state index in [1.54, 1.807) is 6.07 Å². The van der Waals surface area contributed by atoms with Gasteiger partial charge in [-0.1, -0.05) is 24.6 Å². The van der Waals surface area contributed by atoms with Crippen molar-refractivity contribution in [3.05, 3.63) is 29.8 Å². The fourth-order valence-electron chi connectivity index (χ4n) is 2.05. The topological polar surface area (TPSA) is 32.3 Å². The SMILES string of the molecule is Oc1ccccc1CC1CCCCN1. The first-order valence-corrected chi connectivity index (χ1v) is 5.36. The van der Waals surface area contributed by atoms with Gasteiger partial charge in [0.05, 0.1) is 0 Å². The number of hydrogen-bond donors (Lipinski definition) is 2. The summed E-state index contributed by atoms with van der Waals surface area (Å²) in [5, 5.41) is 13.1. The van der Waals surface area contributed by atoms with E-state index in [0.717, 1.165) is 18.5 Å². The third-order valence-electron chi connectivity index (χ3n) is 2.87. The molecule has 2 N–H and O–H groups in total. The number of phenols is 1. The highest BCUT2D eigenvalue weighted by Crippen LogP contribution is 2.20. The summed E-state index contributed by atoms with van der Waals surface area (Å²) in [7, 11) is 0. The van der Waals surface area contributed by atoms with Crippen LogP contribution in [0.15, 0.2) is 24.3 Å². The fourth-order valence-corrected chi connectivity index (χ4v) is 2.05. The molecule has 0 aliphatic carbocycles. The first-order chi connectivity index (χ1) is 6.86. The minimum absolute atomic E-state index is 0.430. The van der Waals surface area contributed by atoms with Crippen molar-refractivity contribution in [2.45, 2.75) is 31.7 Å². The van der Waals surface area contributed by atoms with E-state index in [0.29, 0.717) is 11.8 Å². The summed E-state index contributed by atoms with van der Waals surface area (Å²) >= 11 is 0. The van der Waals surface area contributed by atoms with Gasteiger partial charge in [-0.2, -0.15) is 0 Å². The summed E-state index contributed by atoms with van der Waals surface area (Å²) in [5.74, 6) is 0.430. The zero-order valence-corrected chi connectivity index (χ0v) is 8.37. The average molecular weight is 191 g/mol. The van der Waals surface area contributed by atoms with Crippen molar-refractivity contribution in [1.82, 2.24) is 5.32 Å². The summed E-state index contributed by atoms with van der Waals surface area (Å²) in [4.78, 5) is 0. The molecule has 14 heavy (non-hydrogen) atoms. The van der Waals surface area contributed by atoms with Crippen molar-refractivity contribution in [3.63, 3.8) is 0 Å². The van der Waals surface area contributed by atoms with Crippen LogP contribution in [0.4, 0.5) is 0 Å². The second-order valence-corrected chi connectivity index (χ2v) is 3.98. The van der Waals surface area contributed by atoms with Gasteiger partial charge in [-0.3, -0.25) is 0 Å². The van der Waals surface area contributed by atoms with Crippen LogP contribution >= 0.6 is 0 Å². The molecule has 0 aromatic heterocycles. The molecule has 76 valence electrons. The van der Waals surface area contributed by atoms with Gasteiger partial charge in [0.15, 0.2) is 0 Å². The Morgan fingerprint density at radius 3 is 2.86 bits per heavy atom. The largest absolute Gasteiger partial charge is 0.508 e. The summed E-state index contributed by atoms with van der Waals surface area (Å²) in [6.45, 7) is 1.12. The third kappa shape index (κ3) is 2.26. The maximum absolute atomic E-state index is 9.61. The number of hydrogen-bond acceptors (Lipinski definition) is 2. The van der Waals surface area contributed by atoms with Crippen LogP contribution in [0.5, 0.6) is 5.75 Å². The van der Waals surface area contributed by atoms with E-state index in [-0.39, 0.29) is 0 Å². The zero-order valence-electron chi connectivity index (χ0n) is 8.37. The molecule has 1 heterocycles. The minimum Gasteiger partial charge on any atom is -0.508 e. The van der Waals surface area contributed by atoms with Crippen LogP contribution in [0, 0.1) is 0 Å². The van der Waals surface area contributed by atoms with E-state index in [1.807, 2.05) is 18.2 Å². The molecule has 0 saturated carbocycles. The molecule has 1 aliphatic heterocycles. The highest BCUT2D eigenvalue weighted by molar-refractivity contribution is 5.32. The van der Waals surface area contributed by atoms with Crippen molar-refractivity contribution in [1.29, 1.82) is 0 Å². The molecule has 0 radical (unpaired) electrons. The Morgan fingerprint density at radius 2 is 2.14 bits per heavy atom. The van der Waals surface area contributed by atoms with Gasteiger partial charge in [0.2, 0.25) is 0 Å². The molecule has 1 aromatic rings. The third-order valence-corrected chi connectivity index (χ3v) is 2.87. The van der Waals surface area contributed by atoms with Gasteiger partial charge in [-0.15, -0.1) is 0 Å². The van der Waals surface area contributed by atoms with Crippen LogP contribution < -0.4 is 5.32 Å². The van der Waals surface area contributed by atoms with Gasteiger partial charge < -0.3 is 10.4 Å². The van der Waals surface area contributed by atoms with Crippen LogP contribution in [0.2, 0.25) is 0 Å².